The first-order chi connectivity index (χ1) is 6.47. The molecular formula is C11H16N2S. The summed E-state index contributed by atoms with van der Waals surface area (Å²) in [6, 6.07) is 0. The zero-order valence-electron chi connectivity index (χ0n) is 8.92. The van der Waals surface area contributed by atoms with Crippen LogP contribution in [0.25, 0.3) is 0 Å². The number of anilines is 1. The van der Waals surface area contributed by atoms with Gasteiger partial charge in [0.2, 0.25) is 0 Å². The lowest BCUT2D eigenvalue weighted by atomic mass is 9.70. The highest BCUT2D eigenvalue weighted by molar-refractivity contribution is 7.15. The van der Waals surface area contributed by atoms with Gasteiger partial charge in [-0.25, -0.2) is 4.98 Å². The summed E-state index contributed by atoms with van der Waals surface area (Å²) in [7, 11) is 0. The first-order valence-corrected chi connectivity index (χ1v) is 6.05. The van der Waals surface area contributed by atoms with Crippen LogP contribution in [0.2, 0.25) is 0 Å². The van der Waals surface area contributed by atoms with Crippen molar-refractivity contribution in [1.29, 1.82) is 0 Å². The summed E-state index contributed by atoms with van der Waals surface area (Å²) < 4.78 is 0. The second-order valence-electron chi connectivity index (χ2n) is 5.41. The van der Waals surface area contributed by atoms with Gasteiger partial charge in [-0.05, 0) is 18.3 Å². The summed E-state index contributed by atoms with van der Waals surface area (Å²) in [6.45, 7) is 7.13. The van der Waals surface area contributed by atoms with Crippen molar-refractivity contribution in [3.8, 4) is 0 Å². The molecule has 14 heavy (non-hydrogen) atoms. The zero-order chi connectivity index (χ0) is 10.1. The third kappa shape index (κ3) is 0.691. The highest BCUT2D eigenvalue weighted by atomic mass is 32.1. The second kappa shape index (κ2) is 2.16. The summed E-state index contributed by atoms with van der Waals surface area (Å²) in [5.74, 6) is 0.706. The molecule has 1 heterocycles. The van der Waals surface area contributed by atoms with Crippen LogP contribution in [-0.2, 0) is 5.41 Å². The second-order valence-corrected chi connectivity index (χ2v) is 6.47. The first kappa shape index (κ1) is 8.72. The molecule has 0 saturated heterocycles. The van der Waals surface area contributed by atoms with Crippen LogP contribution in [-0.4, -0.2) is 4.98 Å². The van der Waals surface area contributed by atoms with Crippen molar-refractivity contribution in [1.82, 2.24) is 4.98 Å². The van der Waals surface area contributed by atoms with Crippen LogP contribution >= 0.6 is 11.3 Å². The van der Waals surface area contributed by atoms with Crippen LogP contribution in [0.5, 0.6) is 0 Å². The number of hydrogen-bond donors (Lipinski definition) is 1. The fourth-order valence-electron chi connectivity index (χ4n) is 3.36. The van der Waals surface area contributed by atoms with Gasteiger partial charge < -0.3 is 5.73 Å². The number of fused-ring (bicyclic) bond motifs is 5. The van der Waals surface area contributed by atoms with Gasteiger partial charge in [-0.3, -0.25) is 0 Å². The molecule has 0 spiro atoms. The van der Waals surface area contributed by atoms with Gasteiger partial charge >= 0.3 is 0 Å². The maximum Gasteiger partial charge on any atom is 0.180 e. The van der Waals surface area contributed by atoms with Gasteiger partial charge in [-0.15, -0.1) is 11.3 Å². The Kier molecular flexibility index (Phi) is 1.34. The Bertz CT molecular complexity index is 407. The molecule has 0 aliphatic heterocycles. The fourth-order valence-corrected chi connectivity index (χ4v) is 4.65. The minimum atomic E-state index is 0.279. The van der Waals surface area contributed by atoms with E-state index in [4.69, 9.17) is 5.73 Å². The topological polar surface area (TPSA) is 38.9 Å². The van der Waals surface area contributed by atoms with Crippen molar-refractivity contribution in [3.63, 3.8) is 0 Å². The van der Waals surface area contributed by atoms with E-state index < -0.39 is 0 Å². The van der Waals surface area contributed by atoms with E-state index in [1.54, 1.807) is 11.3 Å². The number of hydrogen-bond acceptors (Lipinski definition) is 3. The van der Waals surface area contributed by atoms with E-state index in [0.29, 0.717) is 11.3 Å². The van der Waals surface area contributed by atoms with Crippen LogP contribution in [0.3, 0.4) is 0 Å². The normalized spacial score (nSPS) is 37.5. The minimum absolute atomic E-state index is 0.279. The molecule has 0 aromatic carbocycles. The molecule has 1 aromatic heterocycles. The van der Waals surface area contributed by atoms with Gasteiger partial charge in [-0.2, -0.15) is 0 Å². The van der Waals surface area contributed by atoms with E-state index in [9.17, 15) is 0 Å². The number of nitrogens with zero attached hydrogens (tertiary/aromatic N) is 1. The molecule has 76 valence electrons. The van der Waals surface area contributed by atoms with Gasteiger partial charge in [0, 0.05) is 16.2 Å². The Hall–Kier alpha value is -0.570. The van der Waals surface area contributed by atoms with Crippen LogP contribution < -0.4 is 5.73 Å². The van der Waals surface area contributed by atoms with Gasteiger partial charge in [0.25, 0.3) is 0 Å². The highest BCUT2D eigenvalue weighted by Gasteiger charge is 2.61. The Balaban J connectivity index is 2.28. The Morgan fingerprint density at radius 1 is 1.43 bits per heavy atom. The average molecular weight is 208 g/mol. The lowest BCUT2D eigenvalue weighted by Crippen LogP contribution is -2.31. The summed E-state index contributed by atoms with van der Waals surface area (Å²) in [4.78, 5) is 6.01. The van der Waals surface area contributed by atoms with E-state index in [1.807, 2.05) is 0 Å². The molecule has 3 heteroatoms. The molecule has 1 fully saturated rings. The van der Waals surface area contributed by atoms with Crippen LogP contribution in [0.15, 0.2) is 0 Å². The first-order valence-electron chi connectivity index (χ1n) is 5.23. The molecular weight excluding hydrogens is 192 g/mol. The quantitative estimate of drug-likeness (QED) is 0.712. The molecule has 1 aromatic rings. The number of rotatable bonds is 0. The maximum atomic E-state index is 5.80. The van der Waals surface area contributed by atoms with Gasteiger partial charge in [0.15, 0.2) is 5.13 Å². The standard InChI is InChI=1S/C11H16N2S/c1-10(2)6-4-5-11(10,3)8-7(6)14-9(12)13-8/h6H,4-5H2,1-3H3,(H2,12,13)/t6-,11+/m1/s1. The van der Waals surface area contributed by atoms with Gasteiger partial charge in [-0.1, -0.05) is 20.8 Å². The number of thiazole rings is 1. The van der Waals surface area contributed by atoms with Crippen molar-refractivity contribution in [2.75, 3.05) is 5.73 Å². The van der Waals surface area contributed by atoms with E-state index >= 15 is 0 Å². The van der Waals surface area contributed by atoms with Gasteiger partial charge in [0.1, 0.15) is 0 Å². The predicted octanol–water partition coefficient (Wildman–Crippen LogP) is 2.90. The summed E-state index contributed by atoms with van der Waals surface area (Å²) in [5, 5.41) is 0.753. The lowest BCUT2D eigenvalue weighted by Gasteiger charge is -2.34. The molecule has 0 radical (unpaired) electrons. The molecule has 0 unspecified atom stereocenters. The molecule has 3 rings (SSSR count). The van der Waals surface area contributed by atoms with E-state index in [-0.39, 0.29) is 5.41 Å². The fraction of sp³-hybridized carbons (Fsp3) is 0.727. The van der Waals surface area contributed by atoms with Crippen LogP contribution in [0.1, 0.15) is 50.1 Å². The van der Waals surface area contributed by atoms with E-state index in [1.165, 1.54) is 23.4 Å². The molecule has 2 aliphatic rings. The number of aromatic nitrogens is 1. The van der Waals surface area contributed by atoms with Crippen molar-refractivity contribution in [2.24, 2.45) is 5.41 Å². The van der Waals surface area contributed by atoms with Crippen molar-refractivity contribution >= 4 is 16.5 Å². The minimum Gasteiger partial charge on any atom is -0.375 e. The third-order valence-corrected chi connectivity index (χ3v) is 5.73. The Morgan fingerprint density at radius 3 is 2.79 bits per heavy atom. The number of nitrogens with two attached hydrogens (primary N) is 1. The molecule has 1 saturated carbocycles. The molecule has 2 bridgehead atoms. The van der Waals surface area contributed by atoms with Crippen LogP contribution in [0.4, 0.5) is 5.13 Å². The van der Waals surface area contributed by atoms with Crippen molar-refractivity contribution in [2.45, 2.75) is 44.9 Å². The Labute approximate surface area is 88.5 Å². The lowest BCUT2D eigenvalue weighted by molar-refractivity contribution is 0.227. The smallest absolute Gasteiger partial charge is 0.180 e. The van der Waals surface area contributed by atoms with Crippen molar-refractivity contribution in [3.05, 3.63) is 10.6 Å². The average Bonchev–Trinajstić information content (AvgIpc) is 2.59. The molecule has 0 amide bonds. The van der Waals surface area contributed by atoms with E-state index in [0.717, 1.165) is 5.13 Å². The summed E-state index contributed by atoms with van der Waals surface area (Å²) in [5.41, 5.74) is 7.77. The molecule has 2 nitrogen and oxygen atoms in total. The third-order valence-electron chi connectivity index (χ3n) is 4.74. The predicted molar refractivity (Wildman–Crippen MR) is 59.6 cm³/mol. The summed E-state index contributed by atoms with van der Waals surface area (Å²) in [6.07, 6.45) is 2.60. The Morgan fingerprint density at radius 2 is 2.14 bits per heavy atom. The molecule has 2 N–H and O–H groups in total. The highest BCUT2D eigenvalue weighted by Crippen LogP contribution is 2.68. The van der Waals surface area contributed by atoms with E-state index in [2.05, 4.69) is 25.8 Å². The molecule has 2 atom stereocenters. The zero-order valence-corrected chi connectivity index (χ0v) is 9.74. The number of nitrogen functional groups attached to an aromatic ring is 1. The summed E-state index contributed by atoms with van der Waals surface area (Å²) >= 11 is 1.71. The molecule has 2 aliphatic carbocycles. The SMILES string of the molecule is CC1(C)[C@@H]2CC[C@@]1(C)c1nc(N)sc12. The van der Waals surface area contributed by atoms with Crippen molar-refractivity contribution < 1.29 is 0 Å². The van der Waals surface area contributed by atoms with Gasteiger partial charge in [0.05, 0.1) is 5.69 Å². The monoisotopic (exact) mass is 208 g/mol. The maximum absolute atomic E-state index is 5.80. The van der Waals surface area contributed by atoms with Crippen LogP contribution in [0, 0.1) is 5.41 Å². The largest absolute Gasteiger partial charge is 0.375 e.